The maximum atomic E-state index is 13.4. The van der Waals surface area contributed by atoms with Gasteiger partial charge in [-0.2, -0.15) is 0 Å². The number of anilines is 1. The zero-order valence-corrected chi connectivity index (χ0v) is 16.9. The number of rotatable bonds is 5. The van der Waals surface area contributed by atoms with Gasteiger partial charge >= 0.3 is 6.09 Å². The van der Waals surface area contributed by atoms with Crippen molar-refractivity contribution in [3.8, 4) is 17.1 Å². The first-order valence-electron chi connectivity index (χ1n) is 10.2. The number of aromatic nitrogens is 2. The van der Waals surface area contributed by atoms with Crippen molar-refractivity contribution in [2.45, 2.75) is 44.2 Å². The topological polar surface area (TPSA) is 99.7 Å². The third-order valence-electron chi connectivity index (χ3n) is 6.29. The molecule has 2 atom stereocenters. The lowest BCUT2D eigenvalue weighted by atomic mass is 9.99. The van der Waals surface area contributed by atoms with Crippen LogP contribution in [0.25, 0.3) is 11.4 Å². The van der Waals surface area contributed by atoms with Crippen molar-refractivity contribution in [2.24, 2.45) is 11.7 Å². The predicted octanol–water partition coefficient (Wildman–Crippen LogP) is 2.69. The molecule has 1 aromatic heterocycles. The maximum absolute atomic E-state index is 13.4. The Kier molecular flexibility index (Phi) is 4.42. The smallest absolute Gasteiger partial charge is 0.416 e. The summed E-state index contributed by atoms with van der Waals surface area (Å²) < 4.78 is 39.8. The molecule has 31 heavy (non-hydrogen) atoms. The van der Waals surface area contributed by atoms with Gasteiger partial charge in [-0.05, 0) is 37.0 Å². The lowest BCUT2D eigenvalue weighted by Crippen LogP contribution is -2.39. The monoisotopic (exact) mass is 432 g/mol. The quantitative estimate of drug-likeness (QED) is 0.783. The van der Waals surface area contributed by atoms with Gasteiger partial charge in [0.2, 0.25) is 5.91 Å². The summed E-state index contributed by atoms with van der Waals surface area (Å²) in [6.45, 7) is 1.80. The fraction of sp³-hybridized carbons (Fsp3) is 0.476. The van der Waals surface area contributed by atoms with Crippen LogP contribution in [0.15, 0.2) is 24.4 Å². The highest BCUT2D eigenvalue weighted by Gasteiger charge is 2.50. The Labute approximate surface area is 176 Å². The molecule has 164 valence electrons. The van der Waals surface area contributed by atoms with E-state index in [1.165, 1.54) is 0 Å². The number of nitrogens with zero attached hydrogens (tertiary/aromatic N) is 3. The lowest BCUT2D eigenvalue weighted by molar-refractivity contribution is -0.121. The summed E-state index contributed by atoms with van der Waals surface area (Å²) in [4.78, 5) is 29.1. The van der Waals surface area contributed by atoms with E-state index < -0.39 is 18.6 Å². The average molecular weight is 432 g/mol. The molecule has 2 amide bonds. The summed E-state index contributed by atoms with van der Waals surface area (Å²) in [5, 5.41) is 0. The molecule has 10 heteroatoms. The zero-order chi connectivity index (χ0) is 21.9. The first-order valence-corrected chi connectivity index (χ1v) is 10.2. The number of imidazole rings is 1. The van der Waals surface area contributed by atoms with E-state index in [0.717, 1.165) is 23.3 Å². The Hall–Kier alpha value is -3.17. The minimum Gasteiger partial charge on any atom is -0.490 e. The van der Waals surface area contributed by atoms with E-state index in [1.54, 1.807) is 13.1 Å². The molecule has 1 aromatic carbocycles. The van der Waals surface area contributed by atoms with Crippen LogP contribution in [0.2, 0.25) is 0 Å². The highest BCUT2D eigenvalue weighted by atomic mass is 19.3. The number of hydrogen-bond donors (Lipinski definition) is 1. The summed E-state index contributed by atoms with van der Waals surface area (Å²) in [6.07, 6.45) is 0.276. The van der Waals surface area contributed by atoms with Gasteiger partial charge in [-0.1, -0.05) is 13.0 Å². The summed E-state index contributed by atoms with van der Waals surface area (Å²) in [6, 6.07) is 4.21. The molecule has 1 aliphatic carbocycles. The molecular weight excluding hydrogens is 410 g/mol. The second kappa shape index (κ2) is 6.93. The van der Waals surface area contributed by atoms with Crippen LogP contribution in [0, 0.1) is 5.92 Å². The van der Waals surface area contributed by atoms with E-state index in [2.05, 4.69) is 4.98 Å². The number of carbonyl (C=O) groups excluding carboxylic acids is 2. The molecule has 1 saturated heterocycles. The summed E-state index contributed by atoms with van der Waals surface area (Å²) in [5.41, 5.74) is 6.66. The number of ether oxygens (including phenoxy) is 2. The minimum atomic E-state index is -2.74. The van der Waals surface area contributed by atoms with Gasteiger partial charge in [0.05, 0.1) is 11.1 Å². The van der Waals surface area contributed by atoms with Crippen molar-refractivity contribution in [2.75, 3.05) is 18.1 Å². The van der Waals surface area contributed by atoms with Crippen LogP contribution >= 0.6 is 0 Å². The molecular formula is C21H22F2N4O4. The van der Waals surface area contributed by atoms with Gasteiger partial charge in [0.15, 0.2) is 5.82 Å². The fourth-order valence-electron chi connectivity index (χ4n) is 4.18. The molecule has 8 nitrogen and oxygen atoms in total. The van der Waals surface area contributed by atoms with Gasteiger partial charge in [0.1, 0.15) is 30.8 Å². The number of benzene rings is 1. The molecule has 0 unspecified atom stereocenters. The SMILES string of the molecule is C[C@H](Cc1ccc2c(c1)OCC1(CC1)n1cc(N3C(=O)OC[C@H]3C(F)F)nc1-2)C(N)=O. The van der Waals surface area contributed by atoms with E-state index in [9.17, 15) is 18.4 Å². The van der Waals surface area contributed by atoms with Crippen LogP contribution in [0.1, 0.15) is 25.3 Å². The van der Waals surface area contributed by atoms with Crippen molar-refractivity contribution in [3.05, 3.63) is 30.0 Å². The summed E-state index contributed by atoms with van der Waals surface area (Å²) >= 11 is 0. The number of carbonyl (C=O) groups is 2. The highest BCUT2D eigenvalue weighted by molar-refractivity contribution is 5.89. The van der Waals surface area contributed by atoms with Crippen LogP contribution in [0.5, 0.6) is 5.75 Å². The molecule has 2 N–H and O–H groups in total. The molecule has 3 heterocycles. The van der Waals surface area contributed by atoms with Gasteiger partial charge in [-0.15, -0.1) is 0 Å². The average Bonchev–Trinajstić information content (AvgIpc) is 3.25. The first-order chi connectivity index (χ1) is 14.8. The van der Waals surface area contributed by atoms with E-state index in [0.29, 0.717) is 30.2 Å². The number of cyclic esters (lactones) is 1. The van der Waals surface area contributed by atoms with Crippen LogP contribution in [-0.2, 0) is 21.5 Å². The summed E-state index contributed by atoms with van der Waals surface area (Å²) in [5.74, 6) is 0.611. The summed E-state index contributed by atoms with van der Waals surface area (Å²) in [7, 11) is 0. The fourth-order valence-corrected chi connectivity index (χ4v) is 4.18. The van der Waals surface area contributed by atoms with Crippen LogP contribution in [0.3, 0.4) is 0 Å². The van der Waals surface area contributed by atoms with Crippen molar-refractivity contribution >= 4 is 17.8 Å². The van der Waals surface area contributed by atoms with Crippen molar-refractivity contribution in [1.82, 2.24) is 9.55 Å². The number of nitrogens with two attached hydrogens (primary N) is 1. The van der Waals surface area contributed by atoms with E-state index in [1.807, 2.05) is 22.8 Å². The number of halogens is 2. The molecule has 2 fully saturated rings. The van der Waals surface area contributed by atoms with E-state index in [-0.39, 0.29) is 29.8 Å². The molecule has 5 rings (SSSR count). The molecule has 0 bridgehead atoms. The Balaban J connectivity index is 1.56. The molecule has 3 aliphatic rings. The van der Waals surface area contributed by atoms with Crippen LogP contribution < -0.4 is 15.4 Å². The Morgan fingerprint density at radius 2 is 2.13 bits per heavy atom. The van der Waals surface area contributed by atoms with Crippen molar-refractivity contribution < 1.29 is 27.8 Å². The second-order valence-electron chi connectivity index (χ2n) is 8.49. The lowest BCUT2D eigenvalue weighted by Gasteiger charge is -2.19. The van der Waals surface area contributed by atoms with E-state index in [4.69, 9.17) is 15.2 Å². The third kappa shape index (κ3) is 3.21. The number of hydrogen-bond acceptors (Lipinski definition) is 5. The standard InChI is InChI=1S/C21H22F2N4O4/c1-11(18(24)28)6-12-2-3-13-15(7-12)31-10-21(4-5-21)26-8-16(25-19(13)26)27-14(17(22)23)9-30-20(27)29/h2-3,7-8,11,14,17H,4-6,9-10H2,1H3,(H2,24,28)/t11-,14+/m1/s1. The second-order valence-corrected chi connectivity index (χ2v) is 8.49. The largest absolute Gasteiger partial charge is 0.490 e. The molecule has 0 radical (unpaired) electrons. The Bertz CT molecular complexity index is 1070. The zero-order valence-electron chi connectivity index (χ0n) is 16.9. The van der Waals surface area contributed by atoms with Gasteiger partial charge in [-0.25, -0.2) is 23.5 Å². The van der Waals surface area contributed by atoms with Gasteiger partial charge < -0.3 is 19.8 Å². The first kappa shape index (κ1) is 19.8. The molecule has 2 aromatic rings. The number of alkyl halides is 2. The molecule has 1 saturated carbocycles. The molecule has 2 aliphatic heterocycles. The Morgan fingerprint density at radius 3 is 2.81 bits per heavy atom. The van der Waals surface area contributed by atoms with Gasteiger partial charge in [0, 0.05) is 12.1 Å². The van der Waals surface area contributed by atoms with E-state index >= 15 is 0 Å². The molecule has 1 spiro atoms. The van der Waals surface area contributed by atoms with Crippen LogP contribution in [0.4, 0.5) is 19.4 Å². The van der Waals surface area contributed by atoms with Gasteiger partial charge in [-0.3, -0.25) is 4.79 Å². The Morgan fingerprint density at radius 1 is 1.35 bits per heavy atom. The maximum Gasteiger partial charge on any atom is 0.416 e. The van der Waals surface area contributed by atoms with Crippen LogP contribution in [-0.4, -0.2) is 47.2 Å². The predicted molar refractivity (Wildman–Crippen MR) is 106 cm³/mol. The van der Waals surface area contributed by atoms with Crippen molar-refractivity contribution in [1.29, 1.82) is 0 Å². The highest BCUT2D eigenvalue weighted by Crippen LogP contribution is 2.50. The number of primary amides is 1. The van der Waals surface area contributed by atoms with Crippen molar-refractivity contribution in [3.63, 3.8) is 0 Å². The minimum absolute atomic E-state index is 0.147. The number of fused-ring (bicyclic) bond motifs is 4. The van der Waals surface area contributed by atoms with Gasteiger partial charge in [0.25, 0.3) is 6.43 Å². The number of amides is 2. The third-order valence-corrected chi connectivity index (χ3v) is 6.29. The normalized spacial score (nSPS) is 21.9.